The number of hydrogen-bond acceptors (Lipinski definition) is 4. The molecule has 1 saturated carbocycles. The van der Waals surface area contributed by atoms with Gasteiger partial charge in [0.15, 0.2) is 9.84 Å². The zero-order valence-corrected chi connectivity index (χ0v) is 11.1. The van der Waals surface area contributed by atoms with Gasteiger partial charge in [0.2, 0.25) is 0 Å². The minimum atomic E-state index is -2.92. The molecule has 1 unspecified atom stereocenters. The standard InChI is InChI=1S/C11H23NO3S/c1-3-12-11(10-5-6-10)9-16(13,14)8-4-7-15-2/h10-12H,3-9H2,1-2H3. The molecule has 1 aliphatic rings. The van der Waals surface area contributed by atoms with Gasteiger partial charge in [-0.25, -0.2) is 8.42 Å². The number of rotatable bonds is 9. The summed E-state index contributed by atoms with van der Waals surface area (Å²) in [4.78, 5) is 0. The van der Waals surface area contributed by atoms with Gasteiger partial charge in [0.1, 0.15) is 0 Å². The van der Waals surface area contributed by atoms with Crippen LogP contribution in [0.4, 0.5) is 0 Å². The minimum Gasteiger partial charge on any atom is -0.385 e. The number of sulfone groups is 1. The van der Waals surface area contributed by atoms with Crippen molar-refractivity contribution in [2.75, 3.05) is 31.8 Å². The molecule has 1 N–H and O–H groups in total. The van der Waals surface area contributed by atoms with Crippen molar-refractivity contribution in [3.05, 3.63) is 0 Å². The van der Waals surface area contributed by atoms with Crippen LogP contribution in [0, 0.1) is 5.92 Å². The largest absolute Gasteiger partial charge is 0.385 e. The average molecular weight is 249 g/mol. The summed E-state index contributed by atoms with van der Waals surface area (Å²) in [6, 6.07) is 0.164. The molecular weight excluding hydrogens is 226 g/mol. The highest BCUT2D eigenvalue weighted by Gasteiger charge is 2.33. The molecule has 0 spiro atoms. The van der Waals surface area contributed by atoms with E-state index in [0.29, 0.717) is 18.9 Å². The van der Waals surface area contributed by atoms with E-state index in [1.165, 1.54) is 12.8 Å². The summed E-state index contributed by atoms with van der Waals surface area (Å²) < 4.78 is 28.5. The summed E-state index contributed by atoms with van der Waals surface area (Å²) in [5.74, 6) is 1.11. The molecule has 0 bridgehead atoms. The Bertz CT molecular complexity index is 286. The van der Waals surface area contributed by atoms with E-state index in [9.17, 15) is 8.42 Å². The van der Waals surface area contributed by atoms with Crippen molar-refractivity contribution in [1.82, 2.24) is 5.32 Å². The van der Waals surface area contributed by atoms with E-state index < -0.39 is 9.84 Å². The van der Waals surface area contributed by atoms with E-state index in [0.717, 1.165) is 6.54 Å². The number of ether oxygens (including phenoxy) is 1. The second-order valence-corrected chi connectivity index (χ2v) is 6.69. The lowest BCUT2D eigenvalue weighted by Gasteiger charge is -2.17. The van der Waals surface area contributed by atoms with Gasteiger partial charge in [0, 0.05) is 19.8 Å². The summed E-state index contributed by atoms with van der Waals surface area (Å²) in [5, 5.41) is 3.28. The third-order valence-electron chi connectivity index (χ3n) is 2.89. The molecule has 0 amide bonds. The highest BCUT2D eigenvalue weighted by Crippen LogP contribution is 2.33. The van der Waals surface area contributed by atoms with Crippen molar-refractivity contribution < 1.29 is 13.2 Å². The van der Waals surface area contributed by atoms with E-state index in [4.69, 9.17) is 4.74 Å². The fourth-order valence-electron chi connectivity index (χ4n) is 1.90. The molecule has 16 heavy (non-hydrogen) atoms. The van der Waals surface area contributed by atoms with Crippen LogP contribution in [0.5, 0.6) is 0 Å². The SMILES string of the molecule is CCNC(CS(=O)(=O)CCCOC)C1CC1. The Morgan fingerprint density at radius 3 is 2.62 bits per heavy atom. The molecule has 0 aromatic carbocycles. The van der Waals surface area contributed by atoms with Crippen molar-refractivity contribution in [1.29, 1.82) is 0 Å². The molecule has 0 aromatic heterocycles. The van der Waals surface area contributed by atoms with Gasteiger partial charge in [-0.2, -0.15) is 0 Å². The molecule has 1 rings (SSSR count). The summed E-state index contributed by atoms with van der Waals surface area (Å²) in [6.07, 6.45) is 2.94. The Morgan fingerprint density at radius 1 is 1.44 bits per heavy atom. The first-order valence-electron chi connectivity index (χ1n) is 6.02. The molecule has 1 atom stereocenters. The van der Waals surface area contributed by atoms with Gasteiger partial charge in [0.25, 0.3) is 0 Å². The second-order valence-electron chi connectivity index (χ2n) is 4.46. The monoisotopic (exact) mass is 249 g/mol. The van der Waals surface area contributed by atoms with Gasteiger partial charge >= 0.3 is 0 Å². The summed E-state index contributed by atoms with van der Waals surface area (Å²) >= 11 is 0. The predicted octanol–water partition coefficient (Wildman–Crippen LogP) is 0.826. The van der Waals surface area contributed by atoms with Gasteiger partial charge in [-0.3, -0.25) is 0 Å². The average Bonchev–Trinajstić information content (AvgIpc) is 3.00. The predicted molar refractivity (Wildman–Crippen MR) is 65.3 cm³/mol. The topological polar surface area (TPSA) is 55.4 Å². The smallest absolute Gasteiger partial charge is 0.151 e. The Morgan fingerprint density at radius 2 is 2.12 bits per heavy atom. The van der Waals surface area contributed by atoms with E-state index in [1.54, 1.807) is 7.11 Å². The van der Waals surface area contributed by atoms with Crippen LogP contribution in [0.3, 0.4) is 0 Å². The molecule has 4 nitrogen and oxygen atoms in total. The molecule has 1 aliphatic carbocycles. The maximum atomic E-state index is 11.8. The van der Waals surface area contributed by atoms with E-state index in [1.807, 2.05) is 6.92 Å². The molecule has 5 heteroatoms. The van der Waals surface area contributed by atoms with Crippen molar-refractivity contribution in [2.24, 2.45) is 5.92 Å². The Balaban J connectivity index is 2.36. The Labute approximate surface area is 98.7 Å². The molecule has 1 fully saturated rings. The first-order valence-corrected chi connectivity index (χ1v) is 7.84. The van der Waals surface area contributed by atoms with Crippen LogP contribution in [-0.4, -0.2) is 46.2 Å². The van der Waals surface area contributed by atoms with Crippen molar-refractivity contribution >= 4 is 9.84 Å². The molecule has 96 valence electrons. The van der Waals surface area contributed by atoms with E-state index in [2.05, 4.69) is 5.32 Å². The van der Waals surface area contributed by atoms with Crippen molar-refractivity contribution in [3.8, 4) is 0 Å². The molecule has 0 aromatic rings. The van der Waals surface area contributed by atoms with Crippen LogP contribution in [0.15, 0.2) is 0 Å². The maximum Gasteiger partial charge on any atom is 0.151 e. The van der Waals surface area contributed by atoms with Crippen molar-refractivity contribution in [2.45, 2.75) is 32.2 Å². The normalized spacial score (nSPS) is 18.6. The zero-order chi connectivity index (χ0) is 12.0. The number of hydrogen-bond donors (Lipinski definition) is 1. The Hall–Kier alpha value is -0.130. The van der Waals surface area contributed by atoms with Gasteiger partial charge in [-0.15, -0.1) is 0 Å². The van der Waals surface area contributed by atoms with Crippen LogP contribution in [0.25, 0.3) is 0 Å². The highest BCUT2D eigenvalue weighted by molar-refractivity contribution is 7.91. The summed E-state index contributed by atoms with van der Waals surface area (Å²) in [5.41, 5.74) is 0. The quantitative estimate of drug-likeness (QED) is 0.615. The second kappa shape index (κ2) is 6.57. The van der Waals surface area contributed by atoms with Gasteiger partial charge in [-0.1, -0.05) is 6.92 Å². The summed E-state index contributed by atoms with van der Waals surface area (Å²) in [6.45, 7) is 3.39. The van der Waals surface area contributed by atoms with Crippen LogP contribution in [0.1, 0.15) is 26.2 Å². The lowest BCUT2D eigenvalue weighted by Crippen LogP contribution is -2.38. The molecule has 0 saturated heterocycles. The van der Waals surface area contributed by atoms with E-state index in [-0.39, 0.29) is 17.5 Å². The fourth-order valence-corrected chi connectivity index (χ4v) is 3.56. The third-order valence-corrected chi connectivity index (χ3v) is 4.67. The highest BCUT2D eigenvalue weighted by atomic mass is 32.2. The minimum absolute atomic E-state index is 0.164. The first kappa shape index (κ1) is 13.9. The molecule has 0 aliphatic heterocycles. The maximum absolute atomic E-state index is 11.8. The molecule has 0 radical (unpaired) electrons. The third kappa shape index (κ3) is 5.27. The van der Waals surface area contributed by atoms with Crippen LogP contribution < -0.4 is 5.32 Å². The Kier molecular flexibility index (Phi) is 5.72. The van der Waals surface area contributed by atoms with Crippen LogP contribution >= 0.6 is 0 Å². The lowest BCUT2D eigenvalue weighted by molar-refractivity contribution is 0.199. The molecular formula is C11H23NO3S. The number of methoxy groups -OCH3 is 1. The molecule has 0 heterocycles. The number of nitrogens with one attached hydrogen (secondary N) is 1. The first-order chi connectivity index (χ1) is 7.59. The zero-order valence-electron chi connectivity index (χ0n) is 10.2. The van der Waals surface area contributed by atoms with Crippen LogP contribution in [-0.2, 0) is 14.6 Å². The van der Waals surface area contributed by atoms with E-state index >= 15 is 0 Å². The van der Waals surface area contributed by atoms with Crippen LogP contribution in [0.2, 0.25) is 0 Å². The van der Waals surface area contributed by atoms with Crippen molar-refractivity contribution in [3.63, 3.8) is 0 Å². The lowest BCUT2D eigenvalue weighted by atomic mass is 10.2. The summed E-state index contributed by atoms with van der Waals surface area (Å²) in [7, 11) is -1.33. The van der Waals surface area contributed by atoms with Gasteiger partial charge in [-0.05, 0) is 31.7 Å². The fraction of sp³-hybridized carbons (Fsp3) is 1.00. The van der Waals surface area contributed by atoms with Gasteiger partial charge in [0.05, 0.1) is 11.5 Å². The van der Waals surface area contributed by atoms with Gasteiger partial charge < -0.3 is 10.1 Å².